The van der Waals surface area contributed by atoms with E-state index in [-0.39, 0.29) is 17.0 Å². The number of carboxylic acids is 1. The van der Waals surface area contributed by atoms with E-state index >= 15 is 0 Å². The summed E-state index contributed by atoms with van der Waals surface area (Å²) >= 11 is 3.07. The van der Waals surface area contributed by atoms with Crippen LogP contribution >= 0.6 is 15.9 Å². The minimum Gasteiger partial charge on any atom is -0.478 e. The molecule has 0 aliphatic heterocycles. The van der Waals surface area contributed by atoms with Crippen LogP contribution in [0, 0.1) is 5.92 Å². The van der Waals surface area contributed by atoms with E-state index in [0.717, 1.165) is 6.07 Å². The average molecular weight is 378 g/mol. The first-order chi connectivity index (χ1) is 9.90. The molecule has 0 heterocycles. The van der Waals surface area contributed by atoms with Gasteiger partial charge in [-0.1, -0.05) is 0 Å². The Balaban J connectivity index is 1.94. The first-order valence-corrected chi connectivity index (χ1v) is 8.78. The molecule has 1 fully saturated rings. The van der Waals surface area contributed by atoms with E-state index in [9.17, 15) is 13.2 Å². The van der Waals surface area contributed by atoms with Crippen LogP contribution in [0.5, 0.6) is 0 Å². The van der Waals surface area contributed by atoms with Crippen molar-refractivity contribution in [3.05, 3.63) is 28.2 Å². The molecule has 0 atom stereocenters. The molecule has 8 heteroatoms. The van der Waals surface area contributed by atoms with Crippen molar-refractivity contribution in [3.63, 3.8) is 0 Å². The molecule has 1 aliphatic rings. The number of sulfonamides is 1. The van der Waals surface area contributed by atoms with Crippen molar-refractivity contribution in [2.45, 2.75) is 17.7 Å². The highest BCUT2D eigenvalue weighted by atomic mass is 79.9. The maximum absolute atomic E-state index is 12.1. The molecule has 116 valence electrons. The molecule has 0 aromatic heterocycles. The molecule has 0 spiro atoms. The molecule has 1 saturated carbocycles. The van der Waals surface area contributed by atoms with Gasteiger partial charge in [0.15, 0.2) is 0 Å². The number of nitrogens with one attached hydrogen (secondary N) is 1. The third kappa shape index (κ3) is 4.77. The number of carboxylic acid groups (broad SMARTS) is 1. The van der Waals surface area contributed by atoms with Crippen LogP contribution in [-0.4, -0.2) is 39.3 Å². The van der Waals surface area contributed by atoms with E-state index in [2.05, 4.69) is 20.7 Å². The topological polar surface area (TPSA) is 92.7 Å². The van der Waals surface area contributed by atoms with E-state index in [4.69, 9.17) is 9.84 Å². The van der Waals surface area contributed by atoms with Crippen molar-refractivity contribution in [1.82, 2.24) is 4.72 Å². The van der Waals surface area contributed by atoms with Crippen molar-refractivity contribution in [3.8, 4) is 0 Å². The molecule has 1 aromatic carbocycles. The third-order valence-electron chi connectivity index (χ3n) is 3.07. The Kier molecular flexibility index (Phi) is 5.37. The number of hydrogen-bond acceptors (Lipinski definition) is 4. The quantitative estimate of drug-likeness (QED) is 0.674. The van der Waals surface area contributed by atoms with Gasteiger partial charge in [0.05, 0.1) is 17.1 Å². The van der Waals surface area contributed by atoms with Crippen LogP contribution in [0.2, 0.25) is 0 Å². The highest BCUT2D eigenvalue weighted by Crippen LogP contribution is 2.28. The molecule has 0 amide bonds. The fraction of sp³-hybridized carbons (Fsp3) is 0.462. The minimum atomic E-state index is -3.73. The van der Waals surface area contributed by atoms with E-state index in [1.165, 1.54) is 25.0 Å². The van der Waals surface area contributed by atoms with E-state index < -0.39 is 16.0 Å². The zero-order valence-electron chi connectivity index (χ0n) is 11.2. The van der Waals surface area contributed by atoms with Crippen LogP contribution in [0.3, 0.4) is 0 Å². The Morgan fingerprint density at radius 2 is 2.14 bits per heavy atom. The molecular formula is C13H16BrNO5S. The lowest BCUT2D eigenvalue weighted by Gasteiger charge is -2.08. The SMILES string of the molecule is O=C(O)c1cc(S(=O)(=O)NCCOCC2CC2)ccc1Br. The maximum Gasteiger partial charge on any atom is 0.336 e. The number of ether oxygens (including phenoxy) is 1. The number of hydrogen-bond donors (Lipinski definition) is 2. The molecule has 2 rings (SSSR count). The lowest BCUT2D eigenvalue weighted by Crippen LogP contribution is -2.28. The highest BCUT2D eigenvalue weighted by molar-refractivity contribution is 9.10. The van der Waals surface area contributed by atoms with Gasteiger partial charge in [-0.25, -0.2) is 17.9 Å². The van der Waals surface area contributed by atoms with Crippen LogP contribution in [0.1, 0.15) is 23.2 Å². The summed E-state index contributed by atoms with van der Waals surface area (Å²) in [6.45, 7) is 1.13. The lowest BCUT2D eigenvalue weighted by atomic mass is 10.2. The Morgan fingerprint density at radius 1 is 1.43 bits per heavy atom. The van der Waals surface area contributed by atoms with Crippen LogP contribution in [0.4, 0.5) is 0 Å². The minimum absolute atomic E-state index is 0.0784. The molecule has 0 radical (unpaired) electrons. The molecule has 6 nitrogen and oxygen atoms in total. The van der Waals surface area contributed by atoms with Crippen molar-refractivity contribution >= 4 is 31.9 Å². The number of rotatable bonds is 8. The van der Waals surface area contributed by atoms with Crippen LogP contribution in [-0.2, 0) is 14.8 Å². The molecule has 2 N–H and O–H groups in total. The number of halogens is 1. The predicted molar refractivity (Wildman–Crippen MR) is 79.8 cm³/mol. The van der Waals surface area contributed by atoms with Gasteiger partial charge in [0.25, 0.3) is 0 Å². The number of aromatic carboxylic acids is 1. The van der Waals surface area contributed by atoms with Gasteiger partial charge in [-0.05, 0) is 52.9 Å². The highest BCUT2D eigenvalue weighted by Gasteiger charge is 2.21. The molecule has 0 unspecified atom stereocenters. The summed E-state index contributed by atoms with van der Waals surface area (Å²) in [5.41, 5.74) is -0.0946. The van der Waals surface area contributed by atoms with Crippen LogP contribution in [0.15, 0.2) is 27.6 Å². The monoisotopic (exact) mass is 377 g/mol. The average Bonchev–Trinajstić information content (AvgIpc) is 3.22. The normalized spacial score (nSPS) is 15.1. The van der Waals surface area contributed by atoms with Crippen LogP contribution < -0.4 is 4.72 Å². The van der Waals surface area contributed by atoms with E-state index in [1.807, 2.05) is 0 Å². The Labute approximate surface area is 131 Å². The zero-order chi connectivity index (χ0) is 15.5. The number of carbonyl (C=O) groups is 1. The second-order valence-electron chi connectivity index (χ2n) is 4.86. The standard InChI is InChI=1S/C13H16BrNO5S/c14-12-4-3-10(7-11(12)13(16)17)21(18,19)15-5-6-20-8-9-1-2-9/h3-4,7,9,15H,1-2,5-6,8H2,(H,16,17). The van der Waals surface area contributed by atoms with Gasteiger partial charge in [0, 0.05) is 17.6 Å². The molecule has 1 aromatic rings. The lowest BCUT2D eigenvalue weighted by molar-refractivity contribution is 0.0695. The van der Waals surface area contributed by atoms with E-state index in [1.54, 1.807) is 0 Å². The zero-order valence-corrected chi connectivity index (χ0v) is 13.6. The van der Waals surface area contributed by atoms with Crippen molar-refractivity contribution in [2.24, 2.45) is 5.92 Å². The fourth-order valence-corrected chi connectivity index (χ4v) is 3.16. The Morgan fingerprint density at radius 3 is 2.76 bits per heavy atom. The van der Waals surface area contributed by atoms with Gasteiger partial charge in [0.1, 0.15) is 0 Å². The first-order valence-electron chi connectivity index (χ1n) is 6.50. The van der Waals surface area contributed by atoms with Gasteiger partial charge in [-0.15, -0.1) is 0 Å². The summed E-state index contributed by atoms with van der Waals surface area (Å²) in [6.07, 6.45) is 2.37. The van der Waals surface area contributed by atoms with Crippen molar-refractivity contribution in [1.29, 1.82) is 0 Å². The molecule has 0 saturated heterocycles. The first kappa shape index (κ1) is 16.4. The number of benzene rings is 1. The summed E-state index contributed by atoms with van der Waals surface area (Å²) in [4.78, 5) is 10.9. The van der Waals surface area contributed by atoms with Gasteiger partial charge in [0.2, 0.25) is 10.0 Å². The van der Waals surface area contributed by atoms with Gasteiger partial charge in [-0.3, -0.25) is 0 Å². The smallest absolute Gasteiger partial charge is 0.336 e. The summed E-state index contributed by atoms with van der Waals surface area (Å²) < 4.78 is 32.2. The third-order valence-corrected chi connectivity index (χ3v) is 5.22. The Bertz CT molecular complexity index is 627. The maximum atomic E-state index is 12.1. The second kappa shape index (κ2) is 6.87. The van der Waals surface area contributed by atoms with Gasteiger partial charge in [-0.2, -0.15) is 0 Å². The predicted octanol–water partition coefficient (Wildman–Crippen LogP) is 1.85. The summed E-state index contributed by atoms with van der Waals surface area (Å²) in [5, 5.41) is 8.99. The van der Waals surface area contributed by atoms with Gasteiger partial charge < -0.3 is 9.84 Å². The second-order valence-corrected chi connectivity index (χ2v) is 7.48. The molecule has 1 aliphatic carbocycles. The molecule has 21 heavy (non-hydrogen) atoms. The molecular weight excluding hydrogens is 362 g/mol. The summed E-state index contributed by atoms with van der Waals surface area (Å²) in [6, 6.07) is 3.88. The molecule has 0 bridgehead atoms. The largest absolute Gasteiger partial charge is 0.478 e. The summed E-state index contributed by atoms with van der Waals surface area (Å²) in [7, 11) is -3.73. The van der Waals surface area contributed by atoms with Crippen LogP contribution in [0.25, 0.3) is 0 Å². The summed E-state index contributed by atoms with van der Waals surface area (Å²) in [5.74, 6) is -0.558. The van der Waals surface area contributed by atoms with Crippen molar-refractivity contribution in [2.75, 3.05) is 19.8 Å². The van der Waals surface area contributed by atoms with E-state index in [0.29, 0.717) is 23.6 Å². The Hall–Kier alpha value is -0.960. The van der Waals surface area contributed by atoms with Gasteiger partial charge >= 0.3 is 5.97 Å². The van der Waals surface area contributed by atoms with Crippen molar-refractivity contribution < 1.29 is 23.1 Å². The fourth-order valence-electron chi connectivity index (χ4n) is 1.70.